The molecule has 6 nitrogen and oxygen atoms in total. The van der Waals surface area contributed by atoms with E-state index in [0.717, 1.165) is 50.6 Å². The average molecular weight is 1190 g/mol. The van der Waals surface area contributed by atoms with Crippen molar-refractivity contribution in [1.82, 2.24) is 0 Å². The van der Waals surface area contributed by atoms with Gasteiger partial charge in [0.15, 0.2) is 0 Å². The second-order valence-electron chi connectivity index (χ2n) is 17.5. The summed E-state index contributed by atoms with van der Waals surface area (Å²) in [5.41, 5.74) is 21.2. The Bertz CT molecular complexity index is 3770. The minimum atomic E-state index is 0.667. The standard InChI is InChI=1S/C20H13N.C20H15N.C10H8BO2.C10H8BrN.C4H8O.Cu.HI/c1-2-8-15-13(5-1)11-12-18-20(15)16-9-3-6-14-7-4-10-17(21-18)19(14)16;21-19-13-5-9-15-8-4-12-18(20(15)19)17-11-3-7-14-6-1-2-10-16(14)17;12-11-13-10-7-3-5-8-4-1-2-6-9(8)10;11-8-5-1-3-7-4-2-6-9(12)10(7)8;1-2-4-5-3-1;;/h1-12,21H;1-13H,21H2;1-7,12H;1-6H,12H2;1-4H2;;1H/q;;;;;+1;/p-1. The number of benzene rings is 12. The third-order valence-electron chi connectivity index (χ3n) is 13.0. The van der Waals surface area contributed by atoms with E-state index in [1.807, 2.05) is 78.9 Å². The molecule has 10 heteroatoms. The Kier molecular flexibility index (Phi) is 17.8. The summed E-state index contributed by atoms with van der Waals surface area (Å²) in [6.45, 7) is 2.00. The molecule has 12 aromatic carbocycles. The van der Waals surface area contributed by atoms with Crippen molar-refractivity contribution in [2.24, 2.45) is 0 Å². The van der Waals surface area contributed by atoms with E-state index in [4.69, 9.17) is 25.9 Å². The molecule has 2 aliphatic heterocycles. The van der Waals surface area contributed by atoms with Crippen molar-refractivity contribution in [1.29, 1.82) is 0 Å². The van der Waals surface area contributed by atoms with Crippen molar-refractivity contribution in [2.75, 3.05) is 30.0 Å². The molecule has 14 rings (SSSR count). The van der Waals surface area contributed by atoms with Gasteiger partial charge in [-0.1, -0.05) is 210 Å². The number of nitrogens with two attached hydrogens (primary N) is 2. The Morgan fingerprint density at radius 3 is 1.53 bits per heavy atom. The number of fused-ring (bicyclic) bond motifs is 8. The first kappa shape index (κ1) is 52.0. The first-order valence-corrected chi connectivity index (χ1v) is 28.1. The van der Waals surface area contributed by atoms with Crippen LogP contribution in [0.4, 0.5) is 22.7 Å². The summed E-state index contributed by atoms with van der Waals surface area (Å²) < 4.78 is 10.9. The molecule has 0 saturated carbocycles. The van der Waals surface area contributed by atoms with Crippen LogP contribution < -0.4 is 21.4 Å². The van der Waals surface area contributed by atoms with Gasteiger partial charge in [0.25, 0.3) is 0 Å². The molecule has 369 valence electrons. The van der Waals surface area contributed by atoms with Crippen molar-refractivity contribution >= 4 is 131 Å². The summed E-state index contributed by atoms with van der Waals surface area (Å²) in [6.07, 6.45) is 2.56. The van der Waals surface area contributed by atoms with Crippen LogP contribution in [0.1, 0.15) is 12.8 Å². The van der Waals surface area contributed by atoms with E-state index >= 15 is 0 Å². The average Bonchev–Trinajstić information content (AvgIpc) is 4.06. The van der Waals surface area contributed by atoms with E-state index in [1.165, 1.54) is 89.6 Å². The van der Waals surface area contributed by atoms with Crippen LogP contribution >= 0.6 is 36.3 Å². The van der Waals surface area contributed by atoms with Crippen LogP contribution in [-0.4, -0.2) is 25.9 Å². The van der Waals surface area contributed by atoms with E-state index in [1.54, 1.807) is 20.3 Å². The fourth-order valence-corrected chi connectivity index (χ4v) is 10.3. The van der Waals surface area contributed by atoms with Gasteiger partial charge < -0.3 is 31.2 Å². The third-order valence-corrected chi connectivity index (χ3v) is 13.7. The van der Waals surface area contributed by atoms with Crippen molar-refractivity contribution < 1.29 is 27.2 Å². The number of anilines is 4. The molecule has 0 atom stereocenters. The topological polar surface area (TPSA) is 103 Å². The molecule has 12 aromatic rings. The summed E-state index contributed by atoms with van der Waals surface area (Å²) in [6, 6.07) is 78.9. The maximum absolute atomic E-state index is 8.53. The molecule has 0 bridgehead atoms. The first-order valence-electron chi connectivity index (χ1n) is 24.3. The van der Waals surface area contributed by atoms with E-state index < -0.39 is 0 Å². The molecule has 1 radical (unpaired) electrons. The molecular weight excluding hydrogens is 1140 g/mol. The third kappa shape index (κ3) is 11.7. The summed E-state index contributed by atoms with van der Waals surface area (Å²) in [7, 11) is 0.696. The predicted molar refractivity (Wildman–Crippen MR) is 324 cm³/mol. The van der Waals surface area contributed by atoms with Crippen LogP contribution in [-0.2, 0) is 17.5 Å². The zero-order valence-corrected chi connectivity index (χ0v) is 45.0. The Balaban J connectivity index is 0.000000119. The quantitative estimate of drug-likeness (QED) is 0.0799. The Morgan fingerprint density at radius 1 is 0.446 bits per heavy atom. The van der Waals surface area contributed by atoms with Gasteiger partial charge in [-0.25, -0.2) is 0 Å². The van der Waals surface area contributed by atoms with Gasteiger partial charge in [0.05, 0.1) is 0 Å². The predicted octanol–water partition coefficient (Wildman–Crippen LogP) is 17.6. The van der Waals surface area contributed by atoms with Crippen molar-refractivity contribution in [3.63, 3.8) is 0 Å². The van der Waals surface area contributed by atoms with Crippen molar-refractivity contribution in [2.45, 2.75) is 12.8 Å². The summed E-state index contributed by atoms with van der Waals surface area (Å²) >= 11 is 9.34. The molecule has 2 aliphatic rings. The molecule has 1 fully saturated rings. The van der Waals surface area contributed by atoms with Gasteiger partial charge >= 0.3 is 40.8 Å². The van der Waals surface area contributed by atoms with Crippen LogP contribution in [0.5, 0.6) is 5.75 Å². The molecule has 0 spiro atoms. The molecule has 0 aromatic heterocycles. The van der Waals surface area contributed by atoms with Gasteiger partial charge in [0, 0.05) is 67.5 Å². The van der Waals surface area contributed by atoms with E-state index in [-0.39, 0.29) is 0 Å². The number of rotatable bonds is 3. The summed E-state index contributed by atoms with van der Waals surface area (Å²) in [4.78, 5) is 0. The molecule has 0 unspecified atom stereocenters. The number of hydrogen-bond acceptors (Lipinski definition) is 6. The Hall–Kier alpha value is -6.89. The molecule has 6 N–H and O–H groups in total. The Morgan fingerprint density at radius 2 is 0.905 bits per heavy atom. The second-order valence-corrected chi connectivity index (χ2v) is 18.4. The molecular formula is C64H52BBrCuIN3O3. The van der Waals surface area contributed by atoms with Gasteiger partial charge in [-0.3, -0.25) is 0 Å². The monoisotopic (exact) mass is 1190 g/mol. The Labute approximate surface area is 460 Å². The van der Waals surface area contributed by atoms with Gasteiger partial charge in [0.1, 0.15) is 5.75 Å². The number of nitrogen functional groups attached to an aromatic ring is 2. The molecule has 0 amide bonds. The normalized spacial score (nSPS) is 11.7. The summed E-state index contributed by atoms with van der Waals surface area (Å²) in [5.74, 6) is 0.667. The van der Waals surface area contributed by atoms with Gasteiger partial charge in [-0.15, -0.1) is 0 Å². The smallest absolute Gasteiger partial charge is 0.0470 e. The fourth-order valence-electron chi connectivity index (χ4n) is 9.71. The molecule has 0 aliphatic carbocycles. The maximum atomic E-state index is 8.53. The minimum Gasteiger partial charge on any atom is -0.354 e. The van der Waals surface area contributed by atoms with E-state index in [0.29, 0.717) is 13.4 Å². The zero-order chi connectivity index (χ0) is 51.2. The first-order chi connectivity index (χ1) is 36.5. The number of ether oxygens (including phenoxy) is 1. The molecule has 74 heavy (non-hydrogen) atoms. The van der Waals surface area contributed by atoms with E-state index in [9.17, 15) is 0 Å². The second kappa shape index (κ2) is 25.4. The van der Waals surface area contributed by atoms with E-state index in [2.05, 4.69) is 186 Å². The van der Waals surface area contributed by atoms with Crippen molar-refractivity contribution in [3.05, 3.63) is 235 Å². The van der Waals surface area contributed by atoms with Gasteiger partial charge in [0.2, 0.25) is 0 Å². The van der Waals surface area contributed by atoms with Gasteiger partial charge in [-0.2, -0.15) is 0 Å². The minimum absolute atomic E-state index is 0.667. The van der Waals surface area contributed by atoms with Crippen LogP contribution in [0.25, 0.3) is 86.9 Å². The fraction of sp³-hybridized carbons (Fsp3) is 0.0625. The van der Waals surface area contributed by atoms with Crippen LogP contribution in [0.3, 0.4) is 0 Å². The van der Waals surface area contributed by atoms with Crippen LogP contribution in [0, 0.1) is 0 Å². The van der Waals surface area contributed by atoms with Crippen LogP contribution in [0.2, 0.25) is 0 Å². The van der Waals surface area contributed by atoms with Crippen LogP contribution in [0.15, 0.2) is 235 Å². The SMILES string of the molecule is C1CCOC1.Nc1cccc2cccc(-c3cccc4ccccc34)c12.Nc1cccc2cccc(Br)c12.O[B]Oc1cccc2ccccc12.[Cu][I].c1ccc2c3c(ccc2c1)Nc1cccc2cccc-3c12. The molecule has 1 saturated heterocycles. The molecule has 2 heterocycles. The number of hydrogen-bond donors (Lipinski definition) is 4. The van der Waals surface area contributed by atoms with Gasteiger partial charge in [-0.05, 0) is 109 Å². The number of nitrogens with one attached hydrogen (secondary N) is 1. The largest absolute Gasteiger partial charge is 0.354 e. The number of halogens is 2. The summed E-state index contributed by atoms with van der Waals surface area (Å²) in [5, 5.41) is 26.5. The zero-order valence-electron chi connectivity index (χ0n) is 40.3. The maximum Gasteiger partial charge on any atom is 0.0470 e. The van der Waals surface area contributed by atoms with Crippen molar-refractivity contribution in [3.8, 4) is 28.0 Å².